The van der Waals surface area contributed by atoms with Crippen molar-refractivity contribution in [2.45, 2.75) is 39.1 Å². The lowest BCUT2D eigenvalue weighted by Crippen LogP contribution is -2.47. The zero-order valence-electron chi connectivity index (χ0n) is 26.0. The second-order valence-electron chi connectivity index (χ2n) is 10.4. The van der Waals surface area contributed by atoms with Crippen LogP contribution in [0.4, 0.5) is 10.5 Å². The van der Waals surface area contributed by atoms with Crippen LogP contribution < -0.4 is 19.7 Å². The van der Waals surface area contributed by atoms with E-state index in [0.717, 1.165) is 14.7 Å². The number of alkyl carbamates (subject to hydrolysis) is 1. The second-order valence-corrected chi connectivity index (χ2v) is 12.7. The number of anilines is 1. The Hall–Kier alpha value is -3.93. The Morgan fingerprint density at radius 3 is 2.11 bits per heavy atom. The van der Waals surface area contributed by atoms with Gasteiger partial charge in [0.25, 0.3) is 5.91 Å². The number of halogens is 2. The van der Waals surface area contributed by atoms with Gasteiger partial charge in [-0.25, -0.2) is 14.4 Å². The highest BCUT2D eigenvalue weighted by atomic mass is 127. The van der Waals surface area contributed by atoms with Crippen LogP contribution in [0.5, 0.6) is 11.5 Å². The van der Waals surface area contributed by atoms with Crippen molar-refractivity contribution in [3.8, 4) is 11.5 Å². The van der Waals surface area contributed by atoms with Crippen molar-refractivity contribution < 1.29 is 47.7 Å². The predicted molar refractivity (Wildman–Crippen MR) is 187 cm³/mol. The van der Waals surface area contributed by atoms with Gasteiger partial charge in [-0.1, -0.05) is 30.3 Å². The Labute approximate surface area is 298 Å². The van der Waals surface area contributed by atoms with Gasteiger partial charge in [-0.15, -0.1) is 0 Å². The average molecular weight is 870 g/mol. The summed E-state index contributed by atoms with van der Waals surface area (Å²) in [5.74, 6) is 0.0209. The fourth-order valence-corrected chi connectivity index (χ4v) is 5.99. The fraction of sp³-hybridized carbons (Fsp3) is 0.303. The maximum absolute atomic E-state index is 12.6. The molecule has 248 valence electrons. The van der Waals surface area contributed by atoms with E-state index in [4.69, 9.17) is 18.9 Å². The molecule has 14 heteroatoms. The maximum Gasteiger partial charge on any atom is 0.407 e. The van der Waals surface area contributed by atoms with Gasteiger partial charge in [0.1, 0.15) is 18.1 Å². The molecule has 2 aliphatic rings. The van der Waals surface area contributed by atoms with Crippen LogP contribution in [-0.4, -0.2) is 69.2 Å². The standard InChI is InChI=1S/C21H21IN2O6.C12H11IO4/c1-13-19(25)24(9-8-23-21(27)29-12-14-6-4-3-5-7-14)17-10-15(20(26)28-2)16(22)11-18(17)30-13;1-6-10(14)4-7-3-8(12(15)16-2)9(13)5-11(7)17-6/h3-7,10-11,13H,8-9,12H2,1-2H3,(H,23,27);3,5-6H,4H2,1-2H3/t13-;6-/m11/s1. The van der Waals surface area contributed by atoms with E-state index < -0.39 is 30.2 Å². The number of rotatable bonds is 7. The second kappa shape index (κ2) is 16.3. The summed E-state index contributed by atoms with van der Waals surface area (Å²) >= 11 is 4.07. The number of ether oxygens (including phenoxy) is 5. The lowest BCUT2D eigenvalue weighted by atomic mass is 9.99. The third-order valence-corrected chi connectivity index (χ3v) is 8.94. The summed E-state index contributed by atoms with van der Waals surface area (Å²) in [7, 11) is 2.63. The minimum Gasteiger partial charge on any atom is -0.483 e. The number of Topliss-reactive ketones (excluding diaryl/α,β-unsaturated/α-hetero) is 1. The first-order valence-electron chi connectivity index (χ1n) is 14.4. The van der Waals surface area contributed by atoms with Gasteiger partial charge in [0, 0.05) is 32.2 Å². The number of nitrogens with one attached hydrogen (secondary N) is 1. The Morgan fingerprint density at radius 2 is 1.47 bits per heavy atom. The molecule has 1 N–H and O–H groups in total. The van der Waals surface area contributed by atoms with E-state index >= 15 is 0 Å². The van der Waals surface area contributed by atoms with E-state index in [-0.39, 0.29) is 31.4 Å². The minimum atomic E-state index is -0.678. The molecule has 2 aliphatic heterocycles. The van der Waals surface area contributed by atoms with Crippen molar-refractivity contribution >= 4 is 80.6 Å². The molecule has 5 rings (SSSR count). The molecule has 0 bridgehead atoms. The Morgan fingerprint density at radius 1 is 0.872 bits per heavy atom. The molecule has 0 radical (unpaired) electrons. The molecular weight excluding hydrogens is 838 g/mol. The Balaban J connectivity index is 0.000000248. The van der Waals surface area contributed by atoms with E-state index in [0.29, 0.717) is 38.3 Å². The molecule has 0 unspecified atom stereocenters. The number of amides is 2. The predicted octanol–water partition coefficient (Wildman–Crippen LogP) is 5.09. The molecule has 3 aromatic carbocycles. The largest absolute Gasteiger partial charge is 0.483 e. The van der Waals surface area contributed by atoms with Gasteiger partial charge in [-0.3, -0.25) is 9.59 Å². The maximum atomic E-state index is 12.6. The number of nitrogens with zero attached hydrogens (tertiary/aromatic N) is 1. The average Bonchev–Trinajstić information content (AvgIpc) is 3.06. The summed E-state index contributed by atoms with van der Waals surface area (Å²) in [6.07, 6.45) is -1.37. The summed E-state index contributed by atoms with van der Waals surface area (Å²) in [5, 5.41) is 2.64. The van der Waals surface area contributed by atoms with Gasteiger partial charge in [-0.2, -0.15) is 0 Å². The molecule has 2 amide bonds. The normalized spacial score (nSPS) is 16.3. The molecule has 2 atom stereocenters. The van der Waals surface area contributed by atoms with Crippen LogP contribution in [0.3, 0.4) is 0 Å². The molecule has 47 heavy (non-hydrogen) atoms. The molecule has 0 spiro atoms. The number of ketones is 1. The van der Waals surface area contributed by atoms with E-state index in [2.05, 4.69) is 32.6 Å². The molecule has 3 aromatic rings. The van der Waals surface area contributed by atoms with Crippen molar-refractivity contribution in [3.05, 3.63) is 84.0 Å². The molecule has 0 fully saturated rings. The number of hydrogen-bond acceptors (Lipinski definition) is 10. The van der Waals surface area contributed by atoms with Crippen LogP contribution in [0, 0.1) is 7.14 Å². The summed E-state index contributed by atoms with van der Waals surface area (Å²) in [6, 6.07) is 16.0. The van der Waals surface area contributed by atoms with Crippen LogP contribution in [0.2, 0.25) is 0 Å². The highest BCUT2D eigenvalue weighted by Gasteiger charge is 2.33. The van der Waals surface area contributed by atoms with Gasteiger partial charge < -0.3 is 33.9 Å². The zero-order chi connectivity index (χ0) is 34.2. The molecule has 0 saturated carbocycles. The summed E-state index contributed by atoms with van der Waals surface area (Å²) in [4.78, 5) is 61.2. The van der Waals surface area contributed by atoms with E-state index in [1.807, 2.05) is 52.9 Å². The first-order valence-corrected chi connectivity index (χ1v) is 16.5. The van der Waals surface area contributed by atoms with Crippen molar-refractivity contribution in [2.75, 3.05) is 32.2 Å². The summed E-state index contributed by atoms with van der Waals surface area (Å²) in [6.45, 7) is 3.91. The number of methoxy groups -OCH3 is 2. The van der Waals surface area contributed by atoms with Crippen LogP contribution >= 0.6 is 45.2 Å². The molecule has 12 nitrogen and oxygen atoms in total. The highest BCUT2D eigenvalue weighted by molar-refractivity contribution is 14.1. The third kappa shape index (κ3) is 8.91. The number of fused-ring (bicyclic) bond motifs is 2. The monoisotopic (exact) mass is 870 g/mol. The van der Waals surface area contributed by atoms with Crippen molar-refractivity contribution in [3.63, 3.8) is 0 Å². The lowest BCUT2D eigenvalue weighted by molar-refractivity contribution is -0.126. The highest BCUT2D eigenvalue weighted by Crippen LogP contribution is 2.37. The molecule has 2 heterocycles. The minimum absolute atomic E-state index is 0.0227. The quantitative estimate of drug-likeness (QED) is 0.194. The van der Waals surface area contributed by atoms with Crippen molar-refractivity contribution in [1.29, 1.82) is 0 Å². The molecule has 0 aromatic heterocycles. The number of benzene rings is 3. The first-order chi connectivity index (χ1) is 22.4. The molecule has 0 aliphatic carbocycles. The third-order valence-electron chi connectivity index (χ3n) is 7.16. The smallest absolute Gasteiger partial charge is 0.407 e. The van der Waals surface area contributed by atoms with Gasteiger partial charge in [0.05, 0.1) is 31.0 Å². The van der Waals surface area contributed by atoms with E-state index in [1.165, 1.54) is 19.1 Å². The summed E-state index contributed by atoms with van der Waals surface area (Å²) < 4.78 is 27.2. The van der Waals surface area contributed by atoms with Gasteiger partial charge in [0.2, 0.25) is 0 Å². The van der Waals surface area contributed by atoms with Crippen molar-refractivity contribution in [1.82, 2.24) is 5.32 Å². The van der Waals surface area contributed by atoms with Gasteiger partial charge >= 0.3 is 18.0 Å². The van der Waals surface area contributed by atoms with Crippen molar-refractivity contribution in [2.24, 2.45) is 0 Å². The Bertz CT molecular complexity index is 1680. The van der Waals surface area contributed by atoms with Gasteiger partial charge in [0.15, 0.2) is 18.0 Å². The number of esters is 2. The number of carbonyl (C=O) groups excluding carboxylic acids is 5. The zero-order valence-corrected chi connectivity index (χ0v) is 30.3. The summed E-state index contributed by atoms with van der Waals surface area (Å²) in [5.41, 5.74) is 2.89. The van der Waals surface area contributed by atoms with Crippen LogP contribution in [0.15, 0.2) is 54.6 Å². The van der Waals surface area contributed by atoms with Crippen LogP contribution in [0.25, 0.3) is 0 Å². The molecule has 0 saturated heterocycles. The fourth-order valence-electron chi connectivity index (χ4n) is 4.67. The first kappa shape index (κ1) is 35.9. The van der Waals surface area contributed by atoms with E-state index in [1.54, 1.807) is 38.1 Å². The van der Waals surface area contributed by atoms with Gasteiger partial charge in [-0.05, 0) is 88.9 Å². The number of carbonyl (C=O) groups is 5. The Kier molecular flexibility index (Phi) is 12.4. The SMILES string of the molecule is COC(=O)c1cc2c(cc1I)O[C@H](C)C(=O)C2.COC(=O)c1cc2c(cc1I)O[C@H](C)C(=O)N2CCNC(=O)OCc1ccccc1. The number of hydrogen-bond donors (Lipinski definition) is 1. The molecular formula is C33H32I2N2O10. The lowest BCUT2D eigenvalue weighted by Gasteiger charge is -2.33. The van der Waals surface area contributed by atoms with Crippen LogP contribution in [0.1, 0.15) is 45.7 Å². The topological polar surface area (TPSA) is 147 Å². The van der Waals surface area contributed by atoms with Crippen LogP contribution in [-0.2, 0) is 36.8 Å². The van der Waals surface area contributed by atoms with E-state index in [9.17, 15) is 24.0 Å².